The number of benzene rings is 2. The Morgan fingerprint density at radius 2 is 1.88 bits per heavy atom. The number of halogens is 1. The molecule has 0 unspecified atom stereocenters. The third-order valence-electron chi connectivity index (χ3n) is 3.27. The van der Waals surface area contributed by atoms with Crippen LogP contribution in [0.15, 0.2) is 42.5 Å². The molecular formula is C19H23ClN2O3. The van der Waals surface area contributed by atoms with Crippen molar-refractivity contribution in [3.8, 4) is 11.5 Å². The normalized spacial score (nSPS) is 10.4. The van der Waals surface area contributed by atoms with Crippen molar-refractivity contribution in [3.05, 3.63) is 53.1 Å². The Hall–Kier alpha value is -2.40. The number of hydrogen-bond acceptors (Lipinski definition) is 3. The topological polar surface area (TPSA) is 59.6 Å². The van der Waals surface area contributed by atoms with Gasteiger partial charge in [0.2, 0.25) is 0 Å². The van der Waals surface area contributed by atoms with Crippen LogP contribution in [0.25, 0.3) is 0 Å². The molecule has 0 saturated carbocycles. The molecule has 0 fully saturated rings. The Balaban J connectivity index is 1.71. The minimum absolute atomic E-state index is 0.117. The summed E-state index contributed by atoms with van der Waals surface area (Å²) in [6.07, 6.45) is 0.117. The second kappa shape index (κ2) is 9.18. The maximum absolute atomic E-state index is 11.9. The minimum Gasteiger partial charge on any atom is -0.491 e. The fourth-order valence-electron chi connectivity index (χ4n) is 2.16. The molecule has 0 aliphatic carbocycles. The summed E-state index contributed by atoms with van der Waals surface area (Å²) in [5.41, 5.74) is 1.66. The Labute approximate surface area is 153 Å². The summed E-state index contributed by atoms with van der Waals surface area (Å²) in [6.45, 7) is 6.62. The average molecular weight is 363 g/mol. The van der Waals surface area contributed by atoms with E-state index >= 15 is 0 Å². The van der Waals surface area contributed by atoms with E-state index in [1.165, 1.54) is 0 Å². The second-order valence-electron chi connectivity index (χ2n) is 5.83. The second-order valence-corrected chi connectivity index (χ2v) is 6.27. The molecule has 2 aromatic carbocycles. The van der Waals surface area contributed by atoms with Gasteiger partial charge in [0.1, 0.15) is 18.1 Å². The number of ether oxygens (including phenoxy) is 2. The molecular weight excluding hydrogens is 340 g/mol. The van der Waals surface area contributed by atoms with E-state index in [4.69, 9.17) is 21.1 Å². The Morgan fingerprint density at radius 1 is 1.16 bits per heavy atom. The molecule has 0 spiro atoms. The van der Waals surface area contributed by atoms with Gasteiger partial charge in [-0.2, -0.15) is 0 Å². The summed E-state index contributed by atoms with van der Waals surface area (Å²) in [4.78, 5) is 11.9. The zero-order chi connectivity index (χ0) is 18.2. The highest BCUT2D eigenvalue weighted by Gasteiger charge is 2.04. The number of urea groups is 1. The number of nitrogens with one attached hydrogen (secondary N) is 2. The predicted molar refractivity (Wildman–Crippen MR) is 101 cm³/mol. The lowest BCUT2D eigenvalue weighted by atomic mass is 10.2. The molecule has 6 heteroatoms. The molecule has 2 rings (SSSR count). The van der Waals surface area contributed by atoms with Gasteiger partial charge < -0.3 is 20.1 Å². The van der Waals surface area contributed by atoms with Crippen molar-refractivity contribution in [1.29, 1.82) is 0 Å². The van der Waals surface area contributed by atoms with E-state index in [1.54, 1.807) is 18.2 Å². The van der Waals surface area contributed by atoms with Gasteiger partial charge in [0.15, 0.2) is 0 Å². The molecule has 0 aliphatic heterocycles. The van der Waals surface area contributed by atoms with Gasteiger partial charge in [0.25, 0.3) is 0 Å². The van der Waals surface area contributed by atoms with Crippen LogP contribution in [0, 0.1) is 6.92 Å². The van der Waals surface area contributed by atoms with Crippen molar-refractivity contribution < 1.29 is 14.3 Å². The van der Waals surface area contributed by atoms with Gasteiger partial charge in [0, 0.05) is 10.7 Å². The highest BCUT2D eigenvalue weighted by Crippen LogP contribution is 2.21. The van der Waals surface area contributed by atoms with E-state index in [9.17, 15) is 4.79 Å². The summed E-state index contributed by atoms with van der Waals surface area (Å²) in [5.74, 6) is 1.53. The Kier molecular flexibility index (Phi) is 6.95. The maximum atomic E-state index is 11.9. The monoisotopic (exact) mass is 362 g/mol. The fourth-order valence-corrected chi connectivity index (χ4v) is 2.39. The van der Waals surface area contributed by atoms with Crippen LogP contribution in [0.5, 0.6) is 11.5 Å². The zero-order valence-electron chi connectivity index (χ0n) is 14.6. The first-order valence-corrected chi connectivity index (χ1v) is 8.52. The van der Waals surface area contributed by atoms with Crippen molar-refractivity contribution >= 4 is 23.3 Å². The van der Waals surface area contributed by atoms with Crippen molar-refractivity contribution in [3.63, 3.8) is 0 Å². The summed E-state index contributed by atoms with van der Waals surface area (Å²) in [7, 11) is 0. The molecule has 0 heterocycles. The SMILES string of the molecule is Cc1cc(Cl)ccc1OCCNC(=O)Nc1ccc(OC(C)C)cc1. The van der Waals surface area contributed by atoms with E-state index in [-0.39, 0.29) is 12.1 Å². The van der Waals surface area contributed by atoms with Gasteiger partial charge in [-0.3, -0.25) is 0 Å². The molecule has 0 aromatic heterocycles. The molecule has 0 bridgehead atoms. The third-order valence-corrected chi connectivity index (χ3v) is 3.50. The summed E-state index contributed by atoms with van der Waals surface area (Å²) in [5, 5.41) is 6.18. The lowest BCUT2D eigenvalue weighted by Crippen LogP contribution is -2.32. The van der Waals surface area contributed by atoms with Gasteiger partial charge in [-0.15, -0.1) is 0 Å². The third kappa shape index (κ3) is 6.55. The van der Waals surface area contributed by atoms with E-state index in [2.05, 4.69) is 10.6 Å². The van der Waals surface area contributed by atoms with Crippen LogP contribution in [-0.4, -0.2) is 25.3 Å². The molecule has 134 valence electrons. The van der Waals surface area contributed by atoms with E-state index in [0.717, 1.165) is 17.1 Å². The zero-order valence-corrected chi connectivity index (χ0v) is 15.4. The van der Waals surface area contributed by atoms with Gasteiger partial charge in [-0.25, -0.2) is 4.79 Å². The summed E-state index contributed by atoms with van der Waals surface area (Å²) >= 11 is 5.90. The standard InChI is InChI=1S/C19H23ClN2O3/c1-13(2)25-17-7-5-16(6-8-17)22-19(23)21-10-11-24-18-9-4-15(20)12-14(18)3/h4-9,12-13H,10-11H2,1-3H3,(H2,21,22,23). The first-order chi connectivity index (χ1) is 11.9. The Bertz CT molecular complexity index is 702. The van der Waals surface area contributed by atoms with Crippen LogP contribution in [0.4, 0.5) is 10.5 Å². The number of carbonyl (C=O) groups is 1. The number of anilines is 1. The molecule has 0 saturated heterocycles. The van der Waals surface area contributed by atoms with Crippen LogP contribution in [0.2, 0.25) is 5.02 Å². The smallest absolute Gasteiger partial charge is 0.319 e. The quantitative estimate of drug-likeness (QED) is 0.705. The van der Waals surface area contributed by atoms with Crippen LogP contribution < -0.4 is 20.1 Å². The number of rotatable bonds is 7. The number of hydrogen-bond donors (Lipinski definition) is 2. The molecule has 2 amide bonds. The van der Waals surface area contributed by atoms with Crippen molar-refractivity contribution in [2.45, 2.75) is 26.9 Å². The molecule has 0 radical (unpaired) electrons. The van der Waals surface area contributed by atoms with Crippen LogP contribution in [-0.2, 0) is 0 Å². The van der Waals surface area contributed by atoms with Crippen LogP contribution >= 0.6 is 11.6 Å². The van der Waals surface area contributed by atoms with Gasteiger partial charge in [-0.05, 0) is 68.8 Å². The largest absolute Gasteiger partial charge is 0.491 e. The molecule has 5 nitrogen and oxygen atoms in total. The number of amides is 2. The lowest BCUT2D eigenvalue weighted by molar-refractivity contribution is 0.242. The molecule has 2 aromatic rings. The molecule has 0 aliphatic rings. The number of aryl methyl sites for hydroxylation is 1. The molecule has 25 heavy (non-hydrogen) atoms. The first-order valence-electron chi connectivity index (χ1n) is 8.14. The summed E-state index contributed by atoms with van der Waals surface area (Å²) in [6, 6.07) is 12.4. The van der Waals surface area contributed by atoms with E-state index in [0.29, 0.717) is 23.9 Å². The Morgan fingerprint density at radius 3 is 2.52 bits per heavy atom. The van der Waals surface area contributed by atoms with E-state index in [1.807, 2.05) is 45.0 Å². The van der Waals surface area contributed by atoms with Crippen molar-refractivity contribution in [2.24, 2.45) is 0 Å². The van der Waals surface area contributed by atoms with E-state index < -0.39 is 0 Å². The fraction of sp³-hybridized carbons (Fsp3) is 0.316. The maximum Gasteiger partial charge on any atom is 0.319 e. The lowest BCUT2D eigenvalue weighted by Gasteiger charge is -2.12. The minimum atomic E-state index is -0.283. The van der Waals surface area contributed by atoms with Crippen LogP contribution in [0.3, 0.4) is 0 Å². The van der Waals surface area contributed by atoms with Crippen molar-refractivity contribution in [2.75, 3.05) is 18.5 Å². The van der Waals surface area contributed by atoms with Gasteiger partial charge in [0.05, 0.1) is 12.6 Å². The first kappa shape index (κ1) is 18.9. The van der Waals surface area contributed by atoms with Gasteiger partial charge in [-0.1, -0.05) is 11.6 Å². The number of carbonyl (C=O) groups excluding carboxylic acids is 1. The predicted octanol–water partition coefficient (Wildman–Crippen LogP) is 4.64. The highest BCUT2D eigenvalue weighted by atomic mass is 35.5. The highest BCUT2D eigenvalue weighted by molar-refractivity contribution is 6.30. The summed E-state index contributed by atoms with van der Waals surface area (Å²) < 4.78 is 11.2. The molecule has 2 N–H and O–H groups in total. The van der Waals surface area contributed by atoms with Gasteiger partial charge >= 0.3 is 6.03 Å². The average Bonchev–Trinajstić information content (AvgIpc) is 2.54. The van der Waals surface area contributed by atoms with Crippen molar-refractivity contribution in [1.82, 2.24) is 5.32 Å². The molecule has 0 atom stereocenters. The van der Waals surface area contributed by atoms with Crippen LogP contribution in [0.1, 0.15) is 19.4 Å².